The van der Waals surface area contributed by atoms with Crippen LogP contribution in [0.1, 0.15) is 26.0 Å². The summed E-state index contributed by atoms with van der Waals surface area (Å²) in [6, 6.07) is 12.7. The molecule has 1 aromatic heterocycles. The molecule has 2 amide bonds. The van der Waals surface area contributed by atoms with Crippen LogP contribution in [-0.2, 0) is 16.0 Å². The zero-order valence-corrected chi connectivity index (χ0v) is 18.3. The summed E-state index contributed by atoms with van der Waals surface area (Å²) in [6.45, 7) is 4.33. The van der Waals surface area contributed by atoms with Gasteiger partial charge < -0.3 is 15.4 Å². The Morgan fingerprint density at radius 2 is 1.83 bits per heavy atom. The third-order valence-electron chi connectivity index (χ3n) is 4.15. The predicted octanol–water partition coefficient (Wildman–Crippen LogP) is 5.39. The first-order valence-corrected chi connectivity index (χ1v) is 10.8. The second kappa shape index (κ2) is 10.2. The topological polar surface area (TPSA) is 80.3 Å². The van der Waals surface area contributed by atoms with Crippen LogP contribution in [0.2, 0.25) is 5.02 Å². The minimum Gasteiger partial charge on any atom is -0.494 e. The van der Waals surface area contributed by atoms with E-state index in [1.165, 1.54) is 11.3 Å². The first-order chi connectivity index (χ1) is 14.5. The van der Waals surface area contributed by atoms with Gasteiger partial charge in [-0.25, -0.2) is 4.98 Å². The maximum absolute atomic E-state index is 12.5. The fourth-order valence-corrected chi connectivity index (χ4v) is 3.68. The second-order valence-electron chi connectivity index (χ2n) is 6.42. The quantitative estimate of drug-likeness (QED) is 0.489. The van der Waals surface area contributed by atoms with E-state index in [1.807, 2.05) is 36.6 Å². The Morgan fingerprint density at radius 1 is 1.07 bits per heavy atom. The third-order valence-corrected chi connectivity index (χ3v) is 5.42. The molecule has 0 bridgehead atoms. The molecule has 0 aliphatic rings. The molecule has 0 unspecified atom stereocenters. The van der Waals surface area contributed by atoms with Crippen LogP contribution < -0.4 is 15.4 Å². The van der Waals surface area contributed by atoms with Gasteiger partial charge in [-0.15, -0.1) is 11.3 Å². The van der Waals surface area contributed by atoms with E-state index in [9.17, 15) is 9.59 Å². The van der Waals surface area contributed by atoms with Crippen LogP contribution in [0.3, 0.4) is 0 Å². The van der Waals surface area contributed by atoms with Crippen LogP contribution in [0.5, 0.6) is 5.75 Å². The highest BCUT2D eigenvalue weighted by atomic mass is 35.5. The Bertz CT molecular complexity index is 1030. The lowest BCUT2D eigenvalue weighted by Crippen LogP contribution is -2.15. The van der Waals surface area contributed by atoms with Crippen molar-refractivity contribution in [3.8, 4) is 16.3 Å². The summed E-state index contributed by atoms with van der Waals surface area (Å²) in [4.78, 5) is 28.6. The number of ether oxygens (including phenoxy) is 1. The molecule has 0 aliphatic heterocycles. The van der Waals surface area contributed by atoms with E-state index in [2.05, 4.69) is 15.6 Å². The maximum atomic E-state index is 12.5. The molecule has 0 aliphatic carbocycles. The van der Waals surface area contributed by atoms with Gasteiger partial charge in [0.1, 0.15) is 10.8 Å². The molecule has 0 spiro atoms. The van der Waals surface area contributed by atoms with Crippen LogP contribution in [0, 0.1) is 0 Å². The molecule has 156 valence electrons. The predicted molar refractivity (Wildman–Crippen MR) is 121 cm³/mol. The second-order valence-corrected chi connectivity index (χ2v) is 7.69. The van der Waals surface area contributed by atoms with Gasteiger partial charge in [0.2, 0.25) is 11.8 Å². The monoisotopic (exact) mass is 443 g/mol. The van der Waals surface area contributed by atoms with Gasteiger partial charge in [-0.2, -0.15) is 0 Å². The van der Waals surface area contributed by atoms with Crippen molar-refractivity contribution in [3.05, 3.63) is 58.6 Å². The number of anilines is 2. The fraction of sp³-hybridized carbons (Fsp3) is 0.227. The number of benzene rings is 2. The number of carbonyl (C=O) groups is 2. The molecule has 3 rings (SSSR count). The van der Waals surface area contributed by atoms with E-state index in [-0.39, 0.29) is 18.2 Å². The standard InChI is InChI=1S/C22H22ClN3O3S/c1-3-20(27)24-15-7-10-18(23)19(11-15)26-21(28)12-16-13-30-22(25-16)14-5-8-17(9-6-14)29-4-2/h5-11,13H,3-4,12H2,1-2H3,(H,24,27)(H,26,28). The van der Waals surface area contributed by atoms with Crippen molar-refractivity contribution in [2.45, 2.75) is 26.7 Å². The molecule has 2 aromatic carbocycles. The number of nitrogens with one attached hydrogen (secondary N) is 2. The average Bonchev–Trinajstić information content (AvgIpc) is 3.19. The van der Waals surface area contributed by atoms with Crippen LogP contribution in [0.25, 0.3) is 10.6 Å². The first kappa shape index (κ1) is 21.8. The molecule has 1 heterocycles. The van der Waals surface area contributed by atoms with E-state index in [0.717, 1.165) is 16.3 Å². The molecule has 3 aromatic rings. The van der Waals surface area contributed by atoms with Crippen LogP contribution in [0.4, 0.5) is 11.4 Å². The molecule has 2 N–H and O–H groups in total. The normalized spacial score (nSPS) is 10.5. The number of aromatic nitrogens is 1. The van der Waals surface area contributed by atoms with Crippen LogP contribution in [-0.4, -0.2) is 23.4 Å². The van der Waals surface area contributed by atoms with Gasteiger partial charge in [-0.3, -0.25) is 9.59 Å². The Balaban J connectivity index is 1.64. The largest absolute Gasteiger partial charge is 0.494 e. The molecule has 0 radical (unpaired) electrons. The lowest BCUT2D eigenvalue weighted by Gasteiger charge is -2.10. The maximum Gasteiger partial charge on any atom is 0.230 e. The van der Waals surface area contributed by atoms with Gasteiger partial charge in [0.15, 0.2) is 0 Å². The Morgan fingerprint density at radius 3 is 2.53 bits per heavy atom. The summed E-state index contributed by atoms with van der Waals surface area (Å²) in [7, 11) is 0. The Labute approximate surface area is 184 Å². The number of amides is 2. The number of hydrogen-bond donors (Lipinski definition) is 2. The number of carbonyl (C=O) groups excluding carboxylic acids is 2. The summed E-state index contributed by atoms with van der Waals surface area (Å²) >= 11 is 7.66. The van der Waals surface area contributed by atoms with Crippen molar-refractivity contribution in [3.63, 3.8) is 0 Å². The highest BCUT2D eigenvalue weighted by molar-refractivity contribution is 7.13. The molecule has 0 saturated carbocycles. The van der Waals surface area contributed by atoms with E-state index < -0.39 is 0 Å². The van der Waals surface area contributed by atoms with E-state index >= 15 is 0 Å². The van der Waals surface area contributed by atoms with Gasteiger partial charge in [-0.1, -0.05) is 18.5 Å². The smallest absolute Gasteiger partial charge is 0.230 e. The number of thiazole rings is 1. The summed E-state index contributed by atoms with van der Waals surface area (Å²) in [5.41, 5.74) is 2.66. The van der Waals surface area contributed by atoms with Crippen LogP contribution in [0.15, 0.2) is 47.8 Å². The summed E-state index contributed by atoms with van der Waals surface area (Å²) in [5.74, 6) is 0.463. The molecule has 0 atom stereocenters. The molecular formula is C22H22ClN3O3S. The molecule has 30 heavy (non-hydrogen) atoms. The SMILES string of the molecule is CCOc1ccc(-c2nc(CC(=O)Nc3cc(NC(=O)CC)ccc3Cl)cs2)cc1. The van der Waals surface area contributed by atoms with Gasteiger partial charge in [0, 0.05) is 23.1 Å². The Kier molecular flexibility index (Phi) is 7.43. The molecule has 8 heteroatoms. The van der Waals surface area contributed by atoms with Gasteiger partial charge in [0.05, 0.1) is 29.4 Å². The van der Waals surface area contributed by atoms with Crippen LogP contribution >= 0.6 is 22.9 Å². The van der Waals surface area contributed by atoms with Crippen molar-refractivity contribution < 1.29 is 14.3 Å². The minimum atomic E-state index is -0.237. The van der Waals surface area contributed by atoms with Crippen molar-refractivity contribution >= 4 is 46.1 Å². The zero-order valence-electron chi connectivity index (χ0n) is 16.7. The number of rotatable bonds is 8. The van der Waals surface area contributed by atoms with Crippen molar-refractivity contribution in [2.75, 3.05) is 17.2 Å². The summed E-state index contributed by atoms with van der Waals surface area (Å²) in [6.07, 6.45) is 0.486. The Hall–Kier alpha value is -2.90. The number of halogens is 1. The lowest BCUT2D eigenvalue weighted by atomic mass is 10.2. The zero-order chi connectivity index (χ0) is 21.5. The number of hydrogen-bond acceptors (Lipinski definition) is 5. The first-order valence-electron chi connectivity index (χ1n) is 9.55. The van der Waals surface area contributed by atoms with E-state index in [4.69, 9.17) is 16.3 Å². The average molecular weight is 444 g/mol. The molecular weight excluding hydrogens is 422 g/mol. The summed E-state index contributed by atoms with van der Waals surface area (Å²) in [5, 5.41) is 8.63. The molecule has 0 fully saturated rings. The highest BCUT2D eigenvalue weighted by Crippen LogP contribution is 2.28. The fourth-order valence-electron chi connectivity index (χ4n) is 2.69. The van der Waals surface area contributed by atoms with Crippen molar-refractivity contribution in [2.24, 2.45) is 0 Å². The third kappa shape index (κ3) is 5.81. The summed E-state index contributed by atoms with van der Waals surface area (Å²) < 4.78 is 5.45. The minimum absolute atomic E-state index is 0.112. The van der Waals surface area contributed by atoms with Crippen molar-refractivity contribution in [1.82, 2.24) is 4.98 Å². The molecule has 0 saturated heterocycles. The lowest BCUT2D eigenvalue weighted by molar-refractivity contribution is -0.116. The van der Waals surface area contributed by atoms with Crippen molar-refractivity contribution in [1.29, 1.82) is 0 Å². The number of nitrogens with zero attached hydrogens (tertiary/aromatic N) is 1. The highest BCUT2D eigenvalue weighted by Gasteiger charge is 2.12. The van der Waals surface area contributed by atoms with E-state index in [1.54, 1.807) is 25.1 Å². The van der Waals surface area contributed by atoms with E-state index in [0.29, 0.717) is 35.1 Å². The van der Waals surface area contributed by atoms with Gasteiger partial charge in [0.25, 0.3) is 0 Å². The van der Waals surface area contributed by atoms with Gasteiger partial charge >= 0.3 is 0 Å². The molecule has 6 nitrogen and oxygen atoms in total. The van der Waals surface area contributed by atoms with Gasteiger partial charge in [-0.05, 0) is 49.4 Å².